The second kappa shape index (κ2) is 14.2. The summed E-state index contributed by atoms with van der Waals surface area (Å²) in [6.45, 7) is 1.35. The summed E-state index contributed by atoms with van der Waals surface area (Å²) in [5.74, 6) is -5.32. The Hall–Kier alpha value is -5.66. The van der Waals surface area contributed by atoms with Crippen molar-refractivity contribution in [2.45, 2.75) is 63.2 Å². The van der Waals surface area contributed by atoms with Crippen molar-refractivity contribution in [3.63, 3.8) is 0 Å². The molecule has 47 heavy (non-hydrogen) atoms. The van der Waals surface area contributed by atoms with Gasteiger partial charge >= 0.3 is 11.9 Å². The van der Waals surface area contributed by atoms with Gasteiger partial charge in [0.1, 0.15) is 24.2 Å². The second-order valence-corrected chi connectivity index (χ2v) is 11.6. The van der Waals surface area contributed by atoms with Gasteiger partial charge in [-0.05, 0) is 36.1 Å². The molecule has 0 saturated carbocycles. The zero-order valence-electron chi connectivity index (χ0n) is 25.6. The minimum atomic E-state index is -1.46. The van der Waals surface area contributed by atoms with Gasteiger partial charge in [-0.3, -0.25) is 24.0 Å². The highest BCUT2D eigenvalue weighted by molar-refractivity contribution is 5.97. The van der Waals surface area contributed by atoms with Crippen LogP contribution in [0.5, 0.6) is 0 Å². The second-order valence-electron chi connectivity index (χ2n) is 11.6. The van der Waals surface area contributed by atoms with Crippen molar-refractivity contribution in [3.8, 4) is 0 Å². The first kappa shape index (κ1) is 32.7. The highest BCUT2D eigenvalue weighted by Crippen LogP contribution is 2.24. The van der Waals surface area contributed by atoms with Crippen LogP contribution in [0.1, 0.15) is 37.3 Å². The molecule has 0 spiro atoms. The Labute approximate surface area is 268 Å². The van der Waals surface area contributed by atoms with Crippen LogP contribution in [0.15, 0.2) is 60.9 Å². The Bertz CT molecular complexity index is 1810. The lowest BCUT2D eigenvalue weighted by Gasteiger charge is -2.29. The Morgan fingerprint density at radius 3 is 1.87 bits per heavy atom. The maximum Gasteiger partial charge on any atom is 0.326 e. The maximum atomic E-state index is 14.1. The standard InChI is InChI=1S/C33H36N6O8/c1-18(40)36-26(15-29(41)42)31(44)37-25(13-19-16-34-23-9-4-2-7-21(19)23)30(43)38-27(32(45)39-12-6-11-28(39)33(46)47)14-20-17-35-24-10-5-3-8-22(20)24/h2-5,7-10,16-17,25-28,34-35H,6,11-15H2,1H3,(H,36,40)(H,37,44)(H,38,43)(H,41,42)(H,46,47)/t25-,26-,27-,28-/m0/s1. The summed E-state index contributed by atoms with van der Waals surface area (Å²) in [7, 11) is 0. The van der Waals surface area contributed by atoms with Gasteiger partial charge < -0.3 is 41.0 Å². The summed E-state index contributed by atoms with van der Waals surface area (Å²) < 4.78 is 0. The highest BCUT2D eigenvalue weighted by atomic mass is 16.4. The lowest BCUT2D eigenvalue weighted by Crippen LogP contribution is -2.58. The molecule has 0 unspecified atom stereocenters. The number of amides is 4. The average molecular weight is 645 g/mol. The number of aromatic nitrogens is 2. The van der Waals surface area contributed by atoms with Crippen molar-refractivity contribution in [3.05, 3.63) is 72.1 Å². The normalized spacial score (nSPS) is 16.4. The van der Waals surface area contributed by atoms with Crippen molar-refractivity contribution in [2.75, 3.05) is 6.54 Å². The van der Waals surface area contributed by atoms with Gasteiger partial charge in [0, 0.05) is 60.5 Å². The first-order valence-corrected chi connectivity index (χ1v) is 15.2. The molecule has 14 nitrogen and oxygen atoms in total. The molecule has 0 aliphatic carbocycles. The van der Waals surface area contributed by atoms with Gasteiger partial charge in [-0.15, -0.1) is 0 Å². The fourth-order valence-corrected chi connectivity index (χ4v) is 6.11. The molecule has 2 aromatic carbocycles. The molecule has 14 heteroatoms. The van der Waals surface area contributed by atoms with Crippen LogP contribution in [0.2, 0.25) is 0 Å². The average Bonchev–Trinajstić information content (AvgIpc) is 3.78. The number of nitrogens with zero attached hydrogens (tertiary/aromatic N) is 1. The van der Waals surface area contributed by atoms with Gasteiger partial charge in [0.25, 0.3) is 0 Å². The van der Waals surface area contributed by atoms with Crippen molar-refractivity contribution in [2.24, 2.45) is 0 Å². The molecule has 1 saturated heterocycles. The molecule has 5 rings (SSSR count). The quantitative estimate of drug-likeness (QED) is 0.113. The van der Waals surface area contributed by atoms with Gasteiger partial charge in [-0.2, -0.15) is 0 Å². The van der Waals surface area contributed by atoms with E-state index in [4.69, 9.17) is 0 Å². The van der Waals surface area contributed by atoms with Crippen LogP contribution < -0.4 is 16.0 Å². The number of aliphatic carboxylic acids is 2. The molecule has 3 heterocycles. The third kappa shape index (κ3) is 7.60. The fourth-order valence-electron chi connectivity index (χ4n) is 6.11. The third-order valence-corrected chi connectivity index (χ3v) is 8.34. The smallest absolute Gasteiger partial charge is 0.326 e. The third-order valence-electron chi connectivity index (χ3n) is 8.34. The molecular weight excluding hydrogens is 608 g/mol. The molecule has 0 bridgehead atoms. The van der Waals surface area contributed by atoms with Crippen molar-refractivity contribution < 1.29 is 39.0 Å². The number of carboxylic acid groups (broad SMARTS) is 2. The molecule has 1 aliphatic rings. The highest BCUT2D eigenvalue weighted by Gasteiger charge is 2.39. The SMILES string of the molecule is CC(=O)N[C@@H](CC(=O)O)C(=O)N[C@@H](Cc1c[nH]c2ccccc12)C(=O)N[C@@H](Cc1c[nH]c2ccccc12)C(=O)N1CCC[C@H]1C(=O)O. The largest absolute Gasteiger partial charge is 0.481 e. The molecule has 4 aromatic rings. The Balaban J connectivity index is 1.47. The molecule has 246 valence electrons. The van der Waals surface area contributed by atoms with Crippen LogP contribution in [0.4, 0.5) is 0 Å². The number of H-pyrrole nitrogens is 2. The summed E-state index contributed by atoms with van der Waals surface area (Å²) in [4.78, 5) is 84.2. The topological polar surface area (TPSA) is 214 Å². The monoisotopic (exact) mass is 644 g/mol. The van der Waals surface area contributed by atoms with Gasteiger partial charge in [-0.1, -0.05) is 36.4 Å². The van der Waals surface area contributed by atoms with Crippen LogP contribution in [0.25, 0.3) is 21.8 Å². The van der Waals surface area contributed by atoms with Gasteiger partial charge in [0.15, 0.2) is 0 Å². The van der Waals surface area contributed by atoms with Gasteiger partial charge in [0.05, 0.1) is 6.42 Å². The number of aromatic amines is 2. The number of carbonyl (C=O) groups is 6. The predicted octanol–water partition coefficient (Wildman–Crippen LogP) is 1.46. The van der Waals surface area contributed by atoms with E-state index in [1.807, 2.05) is 48.5 Å². The van der Waals surface area contributed by atoms with Crippen molar-refractivity contribution in [1.29, 1.82) is 0 Å². The first-order valence-electron chi connectivity index (χ1n) is 15.2. The van der Waals surface area contributed by atoms with Crippen LogP contribution >= 0.6 is 0 Å². The van der Waals surface area contributed by atoms with Crippen LogP contribution in [0.3, 0.4) is 0 Å². The zero-order valence-corrected chi connectivity index (χ0v) is 25.6. The first-order chi connectivity index (χ1) is 22.5. The number of para-hydroxylation sites is 2. The lowest BCUT2D eigenvalue weighted by molar-refractivity contribution is -0.149. The number of hydrogen-bond donors (Lipinski definition) is 7. The number of nitrogens with one attached hydrogen (secondary N) is 5. The molecule has 2 aromatic heterocycles. The van der Waals surface area contributed by atoms with E-state index in [9.17, 15) is 39.0 Å². The number of hydrogen-bond acceptors (Lipinski definition) is 6. The Morgan fingerprint density at radius 1 is 0.787 bits per heavy atom. The summed E-state index contributed by atoms with van der Waals surface area (Å²) in [5, 5.41) is 28.4. The van der Waals surface area contributed by atoms with E-state index in [0.717, 1.165) is 34.3 Å². The number of benzene rings is 2. The zero-order chi connectivity index (χ0) is 33.7. The molecular formula is C33H36N6O8. The molecule has 1 fully saturated rings. The van der Waals surface area contributed by atoms with Gasteiger partial charge in [-0.25, -0.2) is 4.79 Å². The van der Waals surface area contributed by atoms with E-state index in [2.05, 4.69) is 25.9 Å². The number of carbonyl (C=O) groups excluding carboxylic acids is 4. The van der Waals surface area contributed by atoms with Crippen molar-refractivity contribution >= 4 is 57.4 Å². The van der Waals surface area contributed by atoms with E-state index >= 15 is 0 Å². The summed E-state index contributed by atoms with van der Waals surface area (Å²) in [6.07, 6.45) is 3.45. The summed E-state index contributed by atoms with van der Waals surface area (Å²) >= 11 is 0. The number of fused-ring (bicyclic) bond motifs is 2. The predicted molar refractivity (Wildman–Crippen MR) is 170 cm³/mol. The lowest BCUT2D eigenvalue weighted by atomic mass is 10.0. The van der Waals surface area contributed by atoms with Crippen LogP contribution in [-0.4, -0.2) is 91.4 Å². The van der Waals surface area contributed by atoms with E-state index in [0.29, 0.717) is 12.0 Å². The maximum absolute atomic E-state index is 14.1. The van der Waals surface area contributed by atoms with Crippen LogP contribution in [0, 0.1) is 0 Å². The number of rotatable bonds is 13. The Morgan fingerprint density at radius 2 is 1.32 bits per heavy atom. The Kier molecular flexibility index (Phi) is 9.88. The van der Waals surface area contributed by atoms with Crippen molar-refractivity contribution in [1.82, 2.24) is 30.8 Å². The number of carboxylic acids is 2. The molecule has 4 amide bonds. The number of likely N-dealkylation sites (tertiary alicyclic amines) is 1. The van der Waals surface area contributed by atoms with Gasteiger partial charge in [0.2, 0.25) is 23.6 Å². The van der Waals surface area contributed by atoms with Crippen LogP contribution in [-0.2, 0) is 41.6 Å². The van der Waals surface area contributed by atoms with E-state index in [1.54, 1.807) is 12.4 Å². The van der Waals surface area contributed by atoms with E-state index in [1.165, 1.54) is 4.90 Å². The summed E-state index contributed by atoms with van der Waals surface area (Å²) in [5.41, 5.74) is 2.99. The summed E-state index contributed by atoms with van der Waals surface area (Å²) in [6, 6.07) is 9.75. The van der Waals surface area contributed by atoms with E-state index < -0.39 is 66.2 Å². The molecule has 0 radical (unpaired) electrons. The molecule has 7 N–H and O–H groups in total. The minimum Gasteiger partial charge on any atom is -0.481 e. The molecule has 4 atom stereocenters. The fraction of sp³-hybridized carbons (Fsp3) is 0.333. The molecule has 1 aliphatic heterocycles. The van der Waals surface area contributed by atoms with E-state index in [-0.39, 0.29) is 25.8 Å². The minimum absolute atomic E-state index is 0.0265.